The van der Waals surface area contributed by atoms with E-state index in [0.29, 0.717) is 25.8 Å². The minimum Gasteiger partial charge on any atom is -0.350 e. The van der Waals surface area contributed by atoms with E-state index in [0.717, 1.165) is 29.8 Å². The number of hydrogen-bond acceptors (Lipinski definition) is 5. The van der Waals surface area contributed by atoms with E-state index in [4.69, 9.17) is 9.47 Å². The highest BCUT2D eigenvalue weighted by atomic mass is 16.7. The molecule has 2 aliphatic rings. The molecule has 2 fully saturated rings. The highest BCUT2D eigenvalue weighted by Gasteiger charge is 2.28. The number of nitrogens with zero attached hydrogens (tertiary/aromatic N) is 3. The molecule has 1 aromatic heterocycles. The fourth-order valence-electron chi connectivity index (χ4n) is 3.34. The summed E-state index contributed by atoms with van der Waals surface area (Å²) in [5.41, 5.74) is 4.31. The summed E-state index contributed by atoms with van der Waals surface area (Å²) in [5.74, 6) is 6.48. The summed E-state index contributed by atoms with van der Waals surface area (Å²) in [6.07, 6.45) is 5.18. The van der Waals surface area contributed by atoms with E-state index in [-0.39, 0.29) is 11.7 Å². The average Bonchev–Trinajstić information content (AvgIpc) is 3.43. The van der Waals surface area contributed by atoms with Crippen LogP contribution in [0.4, 0.5) is 0 Å². The molecule has 0 spiro atoms. The highest BCUT2D eigenvalue weighted by Crippen LogP contribution is 2.25. The molecule has 154 valence electrons. The zero-order valence-electron chi connectivity index (χ0n) is 17.6. The van der Waals surface area contributed by atoms with Gasteiger partial charge >= 0.3 is 0 Å². The Labute approximate surface area is 173 Å². The lowest BCUT2D eigenvalue weighted by molar-refractivity contribution is -0.227. The Morgan fingerprint density at radius 3 is 2.76 bits per heavy atom. The summed E-state index contributed by atoms with van der Waals surface area (Å²) in [5, 5.41) is 12.1. The Hall–Kier alpha value is -2.20. The van der Waals surface area contributed by atoms with Crippen LogP contribution < -0.4 is 5.32 Å². The minimum atomic E-state index is -0.273. The third-order valence-electron chi connectivity index (χ3n) is 5.25. The van der Waals surface area contributed by atoms with Crippen LogP contribution in [0.15, 0.2) is 24.4 Å². The van der Waals surface area contributed by atoms with Gasteiger partial charge in [-0.1, -0.05) is 43.9 Å². The number of rotatable bonds is 6. The summed E-state index contributed by atoms with van der Waals surface area (Å²) in [4.78, 5) is 0. The molecule has 2 aromatic rings. The fraction of sp³-hybridized carbons (Fsp3) is 0.565. The zero-order chi connectivity index (χ0) is 20.3. The summed E-state index contributed by atoms with van der Waals surface area (Å²) in [6, 6.07) is 7.01. The van der Waals surface area contributed by atoms with Crippen LogP contribution >= 0.6 is 0 Å². The molecular weight excluding hydrogens is 364 g/mol. The second-order valence-electron chi connectivity index (χ2n) is 8.72. The van der Waals surface area contributed by atoms with Crippen LogP contribution in [0.25, 0.3) is 11.3 Å². The van der Waals surface area contributed by atoms with Gasteiger partial charge in [-0.2, -0.15) is 0 Å². The smallest absolute Gasteiger partial charge is 0.177 e. The van der Waals surface area contributed by atoms with Crippen molar-refractivity contribution in [2.24, 2.45) is 5.41 Å². The minimum absolute atomic E-state index is 0.0681. The first kappa shape index (κ1) is 20.1. The monoisotopic (exact) mass is 394 g/mol. The van der Waals surface area contributed by atoms with Crippen molar-refractivity contribution in [3.8, 4) is 23.1 Å². The molecule has 6 heteroatoms. The summed E-state index contributed by atoms with van der Waals surface area (Å²) in [6.45, 7) is 9.12. The summed E-state index contributed by atoms with van der Waals surface area (Å²) >= 11 is 0. The van der Waals surface area contributed by atoms with Crippen molar-refractivity contribution in [2.75, 3.05) is 19.8 Å². The normalized spacial score (nSPS) is 19.0. The lowest BCUT2D eigenvalue weighted by atomic mass is 9.96. The molecule has 1 aliphatic carbocycles. The molecule has 29 heavy (non-hydrogen) atoms. The predicted molar refractivity (Wildman–Crippen MR) is 112 cm³/mol. The van der Waals surface area contributed by atoms with E-state index in [9.17, 15) is 0 Å². The van der Waals surface area contributed by atoms with E-state index in [1.54, 1.807) is 4.68 Å². The van der Waals surface area contributed by atoms with Gasteiger partial charge in [0.05, 0.1) is 32.5 Å². The van der Waals surface area contributed by atoms with Gasteiger partial charge in [0.25, 0.3) is 0 Å². The third kappa shape index (κ3) is 5.45. The number of ether oxygens (including phenoxy) is 2. The highest BCUT2D eigenvalue weighted by molar-refractivity contribution is 5.64. The lowest BCUT2D eigenvalue weighted by Gasteiger charge is -2.34. The Kier molecular flexibility index (Phi) is 6.00. The molecule has 1 saturated carbocycles. The van der Waals surface area contributed by atoms with E-state index in [2.05, 4.69) is 66.4 Å². The number of nitrogens with one attached hydrogen (secondary N) is 1. The van der Waals surface area contributed by atoms with Crippen molar-refractivity contribution in [3.63, 3.8) is 0 Å². The quantitative estimate of drug-likeness (QED) is 0.763. The Balaban J connectivity index is 1.41. The summed E-state index contributed by atoms with van der Waals surface area (Å²) in [7, 11) is 0. The molecule has 0 atom stereocenters. The average molecular weight is 395 g/mol. The first-order chi connectivity index (χ1) is 14.0. The van der Waals surface area contributed by atoms with Gasteiger partial charge in [0.2, 0.25) is 0 Å². The van der Waals surface area contributed by atoms with Gasteiger partial charge < -0.3 is 14.8 Å². The van der Waals surface area contributed by atoms with Gasteiger partial charge in [-0.3, -0.25) is 0 Å². The molecule has 0 bridgehead atoms. The molecule has 0 radical (unpaired) electrons. The number of aryl methyl sites for hydroxylation is 1. The SMILES string of the molecule is CCc1cc(C#CCNC2CC2)ccc1-c1cn(CC2OCC(C)(C)CO2)nn1. The molecule has 2 heterocycles. The number of aromatic nitrogens is 3. The van der Waals surface area contributed by atoms with Crippen LogP contribution in [-0.4, -0.2) is 47.1 Å². The molecule has 4 rings (SSSR count). The number of benzene rings is 1. The van der Waals surface area contributed by atoms with Crippen molar-refractivity contribution in [3.05, 3.63) is 35.5 Å². The molecule has 6 nitrogen and oxygen atoms in total. The van der Waals surface area contributed by atoms with E-state index in [1.807, 2.05) is 6.20 Å². The maximum atomic E-state index is 5.81. The van der Waals surface area contributed by atoms with Crippen molar-refractivity contribution >= 4 is 0 Å². The van der Waals surface area contributed by atoms with Gasteiger partial charge in [-0.15, -0.1) is 5.10 Å². The topological polar surface area (TPSA) is 61.2 Å². The van der Waals surface area contributed by atoms with Crippen LogP contribution in [0.5, 0.6) is 0 Å². The molecule has 1 N–H and O–H groups in total. The van der Waals surface area contributed by atoms with E-state index < -0.39 is 0 Å². The molecule has 0 amide bonds. The molecule has 0 unspecified atom stereocenters. The second kappa shape index (κ2) is 8.66. The van der Waals surface area contributed by atoms with Gasteiger partial charge in [0, 0.05) is 22.6 Å². The van der Waals surface area contributed by atoms with Crippen LogP contribution in [0.1, 0.15) is 44.7 Å². The largest absolute Gasteiger partial charge is 0.350 e. The Bertz CT molecular complexity index is 895. The van der Waals surface area contributed by atoms with Gasteiger partial charge in [0.15, 0.2) is 6.29 Å². The fourth-order valence-corrected chi connectivity index (χ4v) is 3.34. The van der Waals surface area contributed by atoms with Gasteiger partial charge in [-0.25, -0.2) is 4.68 Å². The molecule has 1 saturated heterocycles. The number of hydrogen-bond donors (Lipinski definition) is 1. The van der Waals surface area contributed by atoms with E-state index in [1.165, 1.54) is 18.4 Å². The second-order valence-corrected chi connectivity index (χ2v) is 8.72. The van der Waals surface area contributed by atoms with Crippen molar-refractivity contribution in [1.29, 1.82) is 0 Å². The van der Waals surface area contributed by atoms with E-state index >= 15 is 0 Å². The predicted octanol–water partition coefficient (Wildman–Crippen LogP) is 3.01. The van der Waals surface area contributed by atoms with Crippen LogP contribution in [0, 0.1) is 17.3 Å². The van der Waals surface area contributed by atoms with Crippen LogP contribution in [0.3, 0.4) is 0 Å². The first-order valence-electron chi connectivity index (χ1n) is 10.5. The molecule has 1 aromatic carbocycles. The maximum Gasteiger partial charge on any atom is 0.177 e. The maximum absolute atomic E-state index is 5.81. The lowest BCUT2D eigenvalue weighted by Crippen LogP contribution is -2.39. The molecular formula is C23H30N4O2. The van der Waals surface area contributed by atoms with Gasteiger partial charge in [-0.05, 0) is 37.0 Å². The molecule has 1 aliphatic heterocycles. The first-order valence-corrected chi connectivity index (χ1v) is 10.5. The Morgan fingerprint density at radius 2 is 2.03 bits per heavy atom. The summed E-state index contributed by atoms with van der Waals surface area (Å²) < 4.78 is 13.4. The van der Waals surface area contributed by atoms with Crippen molar-refractivity contribution < 1.29 is 9.47 Å². The zero-order valence-corrected chi connectivity index (χ0v) is 17.6. The van der Waals surface area contributed by atoms with Gasteiger partial charge in [0.1, 0.15) is 5.69 Å². The van der Waals surface area contributed by atoms with Crippen molar-refractivity contribution in [2.45, 2.75) is 58.9 Å². The Morgan fingerprint density at radius 1 is 1.24 bits per heavy atom. The van der Waals surface area contributed by atoms with Crippen LogP contribution in [0.2, 0.25) is 0 Å². The van der Waals surface area contributed by atoms with Crippen molar-refractivity contribution in [1.82, 2.24) is 20.3 Å². The van der Waals surface area contributed by atoms with Crippen LogP contribution in [-0.2, 0) is 22.4 Å². The third-order valence-corrected chi connectivity index (χ3v) is 5.25. The standard InChI is InChI=1S/C23H30N4O2/c1-4-18-12-17(6-5-11-24-19-8-9-19)7-10-20(18)21-13-27(26-25-21)14-22-28-15-23(2,3)16-29-22/h7,10,12-13,19,22,24H,4,8-9,11,14-16H2,1-3H3.